The van der Waals surface area contributed by atoms with E-state index in [1.54, 1.807) is 30.6 Å². The zero-order valence-electron chi connectivity index (χ0n) is 17.8. The van der Waals surface area contributed by atoms with Crippen LogP contribution < -0.4 is 14.8 Å². The third-order valence-electron chi connectivity index (χ3n) is 5.19. The van der Waals surface area contributed by atoms with Crippen molar-refractivity contribution in [3.8, 4) is 11.5 Å². The maximum absolute atomic E-state index is 12.5. The Morgan fingerprint density at radius 1 is 1.03 bits per heavy atom. The SMILES string of the molecule is CCOc1cc(C(=O)NCCOC2CCCCCC2)ccc1OCc1ccncc1. The van der Waals surface area contributed by atoms with E-state index < -0.39 is 0 Å². The van der Waals surface area contributed by atoms with Crippen LogP contribution >= 0.6 is 0 Å². The smallest absolute Gasteiger partial charge is 0.251 e. The molecule has 6 heteroatoms. The minimum absolute atomic E-state index is 0.138. The Balaban J connectivity index is 1.50. The van der Waals surface area contributed by atoms with Crippen LogP contribution in [0.25, 0.3) is 0 Å². The molecule has 6 nitrogen and oxygen atoms in total. The van der Waals surface area contributed by atoms with E-state index in [4.69, 9.17) is 14.2 Å². The van der Waals surface area contributed by atoms with Crippen LogP contribution in [0.2, 0.25) is 0 Å². The van der Waals surface area contributed by atoms with E-state index in [1.165, 1.54) is 25.7 Å². The van der Waals surface area contributed by atoms with Crippen molar-refractivity contribution in [1.82, 2.24) is 10.3 Å². The highest BCUT2D eigenvalue weighted by molar-refractivity contribution is 5.94. The summed E-state index contributed by atoms with van der Waals surface area (Å²) < 4.78 is 17.5. The summed E-state index contributed by atoms with van der Waals surface area (Å²) in [6.45, 7) is 3.85. The molecule has 162 valence electrons. The Bertz CT molecular complexity index is 774. The predicted octanol–water partition coefficient (Wildman–Crippen LogP) is 4.53. The van der Waals surface area contributed by atoms with Crippen molar-refractivity contribution in [3.63, 3.8) is 0 Å². The highest BCUT2D eigenvalue weighted by atomic mass is 16.5. The molecule has 1 amide bonds. The standard InChI is InChI=1S/C24H32N2O4/c1-2-28-23-17-20(9-10-22(23)30-18-19-11-13-25-14-12-19)24(27)26-15-16-29-21-7-5-3-4-6-8-21/h9-14,17,21H,2-8,15-16,18H2,1H3,(H,26,27). The van der Waals surface area contributed by atoms with Crippen LogP contribution in [-0.2, 0) is 11.3 Å². The number of ether oxygens (including phenoxy) is 3. The zero-order chi connectivity index (χ0) is 21.0. The molecule has 0 radical (unpaired) electrons. The third-order valence-corrected chi connectivity index (χ3v) is 5.19. The number of carbonyl (C=O) groups excluding carboxylic acids is 1. The van der Waals surface area contributed by atoms with Gasteiger partial charge in [0.15, 0.2) is 11.5 Å². The molecule has 0 spiro atoms. The molecule has 1 heterocycles. The van der Waals surface area contributed by atoms with Crippen LogP contribution in [0.15, 0.2) is 42.7 Å². The highest BCUT2D eigenvalue weighted by Crippen LogP contribution is 2.29. The monoisotopic (exact) mass is 412 g/mol. The largest absolute Gasteiger partial charge is 0.490 e. The first-order chi connectivity index (χ1) is 14.8. The summed E-state index contributed by atoms with van der Waals surface area (Å²) in [5.41, 5.74) is 1.56. The van der Waals surface area contributed by atoms with Crippen molar-refractivity contribution < 1.29 is 19.0 Å². The second kappa shape index (κ2) is 12.2. The molecule has 0 atom stereocenters. The molecule has 3 rings (SSSR count). The van der Waals surface area contributed by atoms with Crippen molar-refractivity contribution in [2.24, 2.45) is 0 Å². The Morgan fingerprint density at radius 3 is 2.53 bits per heavy atom. The number of carbonyl (C=O) groups is 1. The van der Waals surface area contributed by atoms with Crippen LogP contribution in [0, 0.1) is 0 Å². The molecule has 1 aliphatic carbocycles. The first kappa shape index (κ1) is 22.1. The molecule has 2 aromatic rings. The first-order valence-electron chi connectivity index (χ1n) is 10.9. The lowest BCUT2D eigenvalue weighted by Crippen LogP contribution is -2.28. The first-order valence-corrected chi connectivity index (χ1v) is 10.9. The van der Waals surface area contributed by atoms with Gasteiger partial charge < -0.3 is 19.5 Å². The summed E-state index contributed by atoms with van der Waals surface area (Å²) in [5, 5.41) is 2.93. The molecule has 0 saturated heterocycles. The maximum atomic E-state index is 12.5. The van der Waals surface area contributed by atoms with Gasteiger partial charge in [0.05, 0.1) is 19.3 Å². The van der Waals surface area contributed by atoms with E-state index in [0.29, 0.717) is 49.5 Å². The molecule has 0 unspecified atom stereocenters. The Labute approximate surface area is 178 Å². The summed E-state index contributed by atoms with van der Waals surface area (Å²) in [6, 6.07) is 9.07. The summed E-state index contributed by atoms with van der Waals surface area (Å²) in [4.78, 5) is 16.5. The average molecular weight is 413 g/mol. The lowest BCUT2D eigenvalue weighted by atomic mass is 10.1. The zero-order valence-corrected chi connectivity index (χ0v) is 17.8. The van der Waals surface area contributed by atoms with Crippen molar-refractivity contribution in [2.45, 2.75) is 58.2 Å². The normalized spacial score (nSPS) is 14.7. The predicted molar refractivity (Wildman–Crippen MR) is 116 cm³/mol. The van der Waals surface area contributed by atoms with Crippen molar-refractivity contribution in [1.29, 1.82) is 0 Å². The molecule has 1 aromatic heterocycles. The van der Waals surface area contributed by atoms with Crippen LogP contribution in [0.5, 0.6) is 11.5 Å². The molecular weight excluding hydrogens is 380 g/mol. The number of hydrogen-bond acceptors (Lipinski definition) is 5. The summed E-state index contributed by atoms with van der Waals surface area (Å²) in [6.07, 6.45) is 11.2. The lowest BCUT2D eigenvalue weighted by Gasteiger charge is -2.16. The molecule has 1 fully saturated rings. The van der Waals surface area contributed by atoms with E-state index in [9.17, 15) is 4.79 Å². The Kier molecular flexibility index (Phi) is 8.97. The number of benzene rings is 1. The number of nitrogens with one attached hydrogen (secondary N) is 1. The van der Waals surface area contributed by atoms with Crippen LogP contribution in [0.4, 0.5) is 0 Å². The van der Waals surface area contributed by atoms with E-state index in [1.807, 2.05) is 19.1 Å². The molecule has 30 heavy (non-hydrogen) atoms. The molecule has 1 saturated carbocycles. The molecule has 0 bridgehead atoms. The number of amides is 1. The van der Waals surface area contributed by atoms with E-state index in [0.717, 1.165) is 18.4 Å². The fraction of sp³-hybridized carbons (Fsp3) is 0.500. The van der Waals surface area contributed by atoms with Gasteiger partial charge in [-0.05, 0) is 55.7 Å². The van der Waals surface area contributed by atoms with E-state index in [-0.39, 0.29) is 5.91 Å². The number of pyridine rings is 1. The van der Waals surface area contributed by atoms with Gasteiger partial charge in [0, 0.05) is 24.5 Å². The summed E-state index contributed by atoms with van der Waals surface area (Å²) >= 11 is 0. The third kappa shape index (κ3) is 7.02. The number of nitrogens with zero attached hydrogens (tertiary/aromatic N) is 1. The van der Waals surface area contributed by atoms with Gasteiger partial charge in [-0.15, -0.1) is 0 Å². The quantitative estimate of drug-likeness (QED) is 0.459. The molecule has 1 aliphatic rings. The summed E-state index contributed by atoms with van der Waals surface area (Å²) in [7, 11) is 0. The topological polar surface area (TPSA) is 69.7 Å². The van der Waals surface area contributed by atoms with Crippen LogP contribution in [0.1, 0.15) is 61.4 Å². The van der Waals surface area contributed by atoms with Gasteiger partial charge in [0.2, 0.25) is 0 Å². The van der Waals surface area contributed by atoms with Crippen molar-refractivity contribution >= 4 is 5.91 Å². The van der Waals surface area contributed by atoms with Crippen molar-refractivity contribution in [2.75, 3.05) is 19.8 Å². The average Bonchev–Trinajstić information content (AvgIpc) is 3.05. The van der Waals surface area contributed by atoms with Gasteiger partial charge in [-0.2, -0.15) is 0 Å². The fourth-order valence-electron chi connectivity index (χ4n) is 3.58. The number of aromatic nitrogens is 1. The van der Waals surface area contributed by atoms with Gasteiger partial charge in [-0.3, -0.25) is 9.78 Å². The second-order valence-electron chi connectivity index (χ2n) is 7.48. The maximum Gasteiger partial charge on any atom is 0.251 e. The molecule has 1 aromatic carbocycles. The number of hydrogen-bond donors (Lipinski definition) is 1. The van der Waals surface area contributed by atoms with Gasteiger partial charge in [0.1, 0.15) is 6.61 Å². The fourth-order valence-corrected chi connectivity index (χ4v) is 3.58. The number of rotatable bonds is 10. The van der Waals surface area contributed by atoms with Crippen LogP contribution in [0.3, 0.4) is 0 Å². The molecule has 1 N–H and O–H groups in total. The van der Waals surface area contributed by atoms with Crippen LogP contribution in [-0.4, -0.2) is 36.8 Å². The second-order valence-corrected chi connectivity index (χ2v) is 7.48. The molecule has 0 aliphatic heterocycles. The van der Waals surface area contributed by atoms with Gasteiger partial charge >= 0.3 is 0 Å². The van der Waals surface area contributed by atoms with Gasteiger partial charge in [-0.1, -0.05) is 25.7 Å². The van der Waals surface area contributed by atoms with E-state index in [2.05, 4.69) is 10.3 Å². The van der Waals surface area contributed by atoms with Gasteiger partial charge in [-0.25, -0.2) is 0 Å². The Morgan fingerprint density at radius 2 is 1.80 bits per heavy atom. The minimum atomic E-state index is -0.138. The minimum Gasteiger partial charge on any atom is -0.490 e. The van der Waals surface area contributed by atoms with E-state index >= 15 is 0 Å². The van der Waals surface area contributed by atoms with Crippen molar-refractivity contribution in [3.05, 3.63) is 53.9 Å². The highest BCUT2D eigenvalue weighted by Gasteiger charge is 2.14. The summed E-state index contributed by atoms with van der Waals surface area (Å²) in [5.74, 6) is 1.04. The van der Waals surface area contributed by atoms with Gasteiger partial charge in [0.25, 0.3) is 5.91 Å². The molecular formula is C24H32N2O4. The Hall–Kier alpha value is -2.60. The lowest BCUT2D eigenvalue weighted by molar-refractivity contribution is 0.0442.